The first-order valence-electron chi connectivity index (χ1n) is 4.32. The highest BCUT2D eigenvalue weighted by Crippen LogP contribution is 2.01. The van der Waals surface area contributed by atoms with Crippen LogP contribution in [0.1, 0.15) is 5.56 Å². The van der Waals surface area contributed by atoms with Gasteiger partial charge in [0.1, 0.15) is 12.4 Å². The Morgan fingerprint density at radius 1 is 1.31 bits per heavy atom. The Morgan fingerprint density at radius 2 is 2.00 bits per heavy atom. The first kappa shape index (κ1) is 9.76. The van der Waals surface area contributed by atoms with E-state index in [1.165, 1.54) is 12.1 Å². The molecule has 0 amide bonds. The number of quaternary nitrogens is 1. The highest BCUT2D eigenvalue weighted by atomic mass is 19.1. The SMILES string of the molecule is C#CC[NH2+]CCc1ccc(F)cc1. The predicted octanol–water partition coefficient (Wildman–Crippen LogP) is 0.565. The van der Waals surface area contributed by atoms with Crippen molar-refractivity contribution in [3.8, 4) is 12.3 Å². The molecule has 0 aromatic heterocycles. The molecule has 0 spiro atoms. The van der Waals surface area contributed by atoms with Gasteiger partial charge in [-0.2, -0.15) is 0 Å². The molecule has 0 atom stereocenters. The highest BCUT2D eigenvalue weighted by molar-refractivity contribution is 5.15. The van der Waals surface area contributed by atoms with E-state index in [-0.39, 0.29) is 5.82 Å². The van der Waals surface area contributed by atoms with Crippen LogP contribution in [0.3, 0.4) is 0 Å². The van der Waals surface area contributed by atoms with Crippen molar-refractivity contribution in [2.45, 2.75) is 6.42 Å². The molecule has 1 rings (SSSR count). The summed E-state index contributed by atoms with van der Waals surface area (Å²) in [6.45, 7) is 1.66. The molecule has 0 aliphatic carbocycles. The van der Waals surface area contributed by atoms with Gasteiger partial charge < -0.3 is 5.32 Å². The lowest BCUT2D eigenvalue weighted by molar-refractivity contribution is -0.643. The van der Waals surface area contributed by atoms with Crippen molar-refractivity contribution in [3.63, 3.8) is 0 Å². The number of terminal acetylenes is 1. The average Bonchev–Trinajstić information content (AvgIpc) is 2.15. The molecule has 1 aromatic carbocycles. The fourth-order valence-corrected chi connectivity index (χ4v) is 1.11. The zero-order valence-corrected chi connectivity index (χ0v) is 7.46. The molecule has 0 heterocycles. The van der Waals surface area contributed by atoms with E-state index in [0.717, 1.165) is 18.5 Å². The van der Waals surface area contributed by atoms with Crippen molar-refractivity contribution in [2.75, 3.05) is 13.1 Å². The van der Waals surface area contributed by atoms with Crippen molar-refractivity contribution in [1.29, 1.82) is 0 Å². The first-order valence-corrected chi connectivity index (χ1v) is 4.32. The number of hydrogen-bond acceptors (Lipinski definition) is 0. The van der Waals surface area contributed by atoms with E-state index in [9.17, 15) is 4.39 Å². The molecule has 2 N–H and O–H groups in total. The first-order chi connectivity index (χ1) is 6.33. The van der Waals surface area contributed by atoms with Crippen LogP contribution in [0.25, 0.3) is 0 Å². The quantitative estimate of drug-likeness (QED) is 0.512. The molecule has 0 saturated heterocycles. The van der Waals surface area contributed by atoms with Gasteiger partial charge in [0.2, 0.25) is 0 Å². The fourth-order valence-electron chi connectivity index (χ4n) is 1.11. The van der Waals surface area contributed by atoms with Crippen molar-refractivity contribution >= 4 is 0 Å². The van der Waals surface area contributed by atoms with E-state index in [0.29, 0.717) is 6.54 Å². The third-order valence-electron chi connectivity index (χ3n) is 1.81. The summed E-state index contributed by atoms with van der Waals surface area (Å²) in [5.74, 6) is 2.36. The summed E-state index contributed by atoms with van der Waals surface area (Å²) >= 11 is 0. The van der Waals surface area contributed by atoms with Gasteiger partial charge in [-0.3, -0.25) is 0 Å². The Bertz CT molecular complexity index is 284. The lowest BCUT2D eigenvalue weighted by Gasteiger charge is -1.98. The molecular formula is C11H13FN+. The fraction of sp³-hybridized carbons (Fsp3) is 0.273. The highest BCUT2D eigenvalue weighted by Gasteiger charge is 1.94. The van der Waals surface area contributed by atoms with Gasteiger partial charge in [0, 0.05) is 6.42 Å². The summed E-state index contributed by atoms with van der Waals surface area (Å²) in [6.07, 6.45) is 6.03. The van der Waals surface area contributed by atoms with Crippen LogP contribution in [-0.2, 0) is 6.42 Å². The molecule has 2 heteroatoms. The molecule has 0 fully saturated rings. The molecule has 13 heavy (non-hydrogen) atoms. The van der Waals surface area contributed by atoms with Gasteiger partial charge in [-0.1, -0.05) is 12.1 Å². The largest absolute Gasteiger partial charge is 0.336 e. The van der Waals surface area contributed by atoms with E-state index in [1.807, 2.05) is 0 Å². The number of benzene rings is 1. The van der Waals surface area contributed by atoms with E-state index in [2.05, 4.69) is 11.2 Å². The third-order valence-corrected chi connectivity index (χ3v) is 1.81. The summed E-state index contributed by atoms with van der Waals surface area (Å²) < 4.78 is 12.5. The van der Waals surface area contributed by atoms with Crippen LogP contribution in [0.4, 0.5) is 4.39 Å². The van der Waals surface area contributed by atoms with Crippen LogP contribution in [0.15, 0.2) is 24.3 Å². The maximum absolute atomic E-state index is 12.5. The topological polar surface area (TPSA) is 16.6 Å². The Kier molecular flexibility index (Phi) is 4.01. The minimum atomic E-state index is -0.184. The van der Waals surface area contributed by atoms with E-state index < -0.39 is 0 Å². The van der Waals surface area contributed by atoms with E-state index in [1.54, 1.807) is 12.1 Å². The van der Waals surface area contributed by atoms with Gasteiger partial charge in [0.05, 0.1) is 6.54 Å². The number of nitrogens with two attached hydrogens (primary N) is 1. The van der Waals surface area contributed by atoms with Gasteiger partial charge in [-0.25, -0.2) is 4.39 Å². The van der Waals surface area contributed by atoms with Crippen molar-refractivity contribution in [2.24, 2.45) is 0 Å². The van der Waals surface area contributed by atoms with Gasteiger partial charge >= 0.3 is 0 Å². The number of halogens is 1. The number of rotatable bonds is 4. The molecule has 1 aromatic rings. The zero-order valence-electron chi connectivity index (χ0n) is 7.46. The monoisotopic (exact) mass is 178 g/mol. The maximum atomic E-state index is 12.5. The number of hydrogen-bond donors (Lipinski definition) is 1. The van der Waals surface area contributed by atoms with E-state index >= 15 is 0 Å². The van der Waals surface area contributed by atoms with Crippen LogP contribution in [0, 0.1) is 18.2 Å². The Morgan fingerprint density at radius 3 is 2.62 bits per heavy atom. The Balaban J connectivity index is 2.30. The summed E-state index contributed by atoms with van der Waals surface area (Å²) in [6, 6.07) is 6.57. The normalized spacial score (nSPS) is 9.54. The second-order valence-electron chi connectivity index (χ2n) is 2.86. The average molecular weight is 178 g/mol. The van der Waals surface area contributed by atoms with Crippen molar-refractivity contribution < 1.29 is 9.71 Å². The van der Waals surface area contributed by atoms with Gasteiger partial charge in [0.15, 0.2) is 0 Å². The van der Waals surface area contributed by atoms with Crippen LogP contribution < -0.4 is 5.32 Å². The van der Waals surface area contributed by atoms with Crippen LogP contribution in [-0.4, -0.2) is 13.1 Å². The van der Waals surface area contributed by atoms with Crippen molar-refractivity contribution in [1.82, 2.24) is 0 Å². The molecular weight excluding hydrogens is 165 g/mol. The van der Waals surface area contributed by atoms with Crippen LogP contribution >= 0.6 is 0 Å². The summed E-state index contributed by atoms with van der Waals surface area (Å²) in [4.78, 5) is 0. The molecule has 0 radical (unpaired) electrons. The van der Waals surface area contributed by atoms with Gasteiger partial charge in [0.25, 0.3) is 0 Å². The Hall–Kier alpha value is -1.33. The molecule has 1 nitrogen and oxygen atoms in total. The van der Waals surface area contributed by atoms with E-state index in [4.69, 9.17) is 6.42 Å². The predicted molar refractivity (Wildman–Crippen MR) is 50.6 cm³/mol. The van der Waals surface area contributed by atoms with Crippen LogP contribution in [0.2, 0.25) is 0 Å². The maximum Gasteiger partial charge on any atom is 0.137 e. The summed E-state index contributed by atoms with van der Waals surface area (Å²) in [7, 11) is 0. The molecule has 0 unspecified atom stereocenters. The second-order valence-corrected chi connectivity index (χ2v) is 2.86. The Labute approximate surface area is 78.0 Å². The van der Waals surface area contributed by atoms with Gasteiger partial charge in [-0.05, 0) is 23.6 Å². The zero-order chi connectivity index (χ0) is 9.52. The molecule has 0 aliphatic rings. The minimum Gasteiger partial charge on any atom is -0.336 e. The molecule has 68 valence electrons. The lowest BCUT2D eigenvalue weighted by Crippen LogP contribution is -2.84. The summed E-state index contributed by atoms with van der Waals surface area (Å²) in [5, 5.41) is 2.06. The lowest BCUT2D eigenvalue weighted by atomic mass is 10.1. The minimum absolute atomic E-state index is 0.184. The van der Waals surface area contributed by atoms with Crippen LogP contribution in [0.5, 0.6) is 0 Å². The molecule has 0 saturated carbocycles. The second kappa shape index (κ2) is 5.34. The smallest absolute Gasteiger partial charge is 0.137 e. The standard InChI is InChI=1S/C11H12FN/c1-2-8-13-9-7-10-3-5-11(12)6-4-10/h1,3-6,13H,7-9H2/p+1. The van der Waals surface area contributed by atoms with Gasteiger partial charge in [-0.15, -0.1) is 6.42 Å². The van der Waals surface area contributed by atoms with Crippen molar-refractivity contribution in [3.05, 3.63) is 35.6 Å². The molecule has 0 bridgehead atoms. The third kappa shape index (κ3) is 3.73. The molecule has 0 aliphatic heterocycles. The summed E-state index contributed by atoms with van der Waals surface area (Å²) in [5.41, 5.74) is 1.15.